The molecule has 0 aromatic carbocycles. The quantitative estimate of drug-likeness (QED) is 0.840. The monoisotopic (exact) mass is 217 g/mol. The first kappa shape index (κ1) is 9.73. The number of furan rings is 2. The van der Waals surface area contributed by atoms with E-state index in [9.17, 15) is 0 Å². The molecule has 0 aliphatic carbocycles. The van der Waals surface area contributed by atoms with Gasteiger partial charge in [-0.15, -0.1) is 0 Å². The van der Waals surface area contributed by atoms with Gasteiger partial charge in [-0.05, 0) is 18.2 Å². The van der Waals surface area contributed by atoms with Gasteiger partial charge in [0.2, 0.25) is 0 Å². The largest absolute Gasteiger partial charge is 0.469 e. The zero-order valence-electron chi connectivity index (χ0n) is 9.32. The maximum Gasteiger partial charge on any atom is 0.125 e. The van der Waals surface area contributed by atoms with Crippen LogP contribution in [0.2, 0.25) is 0 Å². The van der Waals surface area contributed by atoms with Crippen LogP contribution in [0.15, 0.2) is 33.3 Å². The summed E-state index contributed by atoms with van der Waals surface area (Å²) in [5.41, 5.74) is 1.21. The van der Waals surface area contributed by atoms with Gasteiger partial charge in [-0.3, -0.25) is 0 Å². The standard InChI is InChI=1S/C13H15NO2/c1-2-9-3-4-12(16-9)13-10-6-8-15-11(10)5-7-14-13/h3-4,6,8,13-14H,2,5,7H2,1H3. The molecule has 0 amide bonds. The lowest BCUT2D eigenvalue weighted by Crippen LogP contribution is -2.29. The third-order valence-electron chi connectivity index (χ3n) is 3.11. The third-order valence-corrected chi connectivity index (χ3v) is 3.11. The second-order valence-electron chi connectivity index (χ2n) is 4.09. The van der Waals surface area contributed by atoms with Crippen molar-refractivity contribution >= 4 is 0 Å². The Morgan fingerprint density at radius 3 is 3.12 bits per heavy atom. The molecule has 0 bridgehead atoms. The summed E-state index contributed by atoms with van der Waals surface area (Å²) in [6.07, 6.45) is 3.65. The third kappa shape index (κ3) is 1.48. The molecule has 3 nitrogen and oxygen atoms in total. The molecule has 3 heteroatoms. The van der Waals surface area contributed by atoms with E-state index >= 15 is 0 Å². The summed E-state index contributed by atoms with van der Waals surface area (Å²) in [6.45, 7) is 3.04. The van der Waals surface area contributed by atoms with E-state index in [-0.39, 0.29) is 6.04 Å². The molecule has 1 atom stereocenters. The van der Waals surface area contributed by atoms with Gasteiger partial charge in [-0.25, -0.2) is 0 Å². The van der Waals surface area contributed by atoms with Crippen LogP contribution in [0.5, 0.6) is 0 Å². The summed E-state index contributed by atoms with van der Waals surface area (Å²) in [4.78, 5) is 0. The molecule has 0 spiro atoms. The van der Waals surface area contributed by atoms with Gasteiger partial charge in [-0.2, -0.15) is 0 Å². The number of hydrogen-bond acceptors (Lipinski definition) is 3. The second-order valence-corrected chi connectivity index (χ2v) is 4.09. The van der Waals surface area contributed by atoms with Gasteiger partial charge in [0, 0.05) is 24.9 Å². The van der Waals surface area contributed by atoms with Crippen LogP contribution in [-0.4, -0.2) is 6.54 Å². The Balaban J connectivity index is 1.97. The van der Waals surface area contributed by atoms with E-state index in [4.69, 9.17) is 8.83 Å². The fraction of sp³-hybridized carbons (Fsp3) is 0.385. The molecule has 1 N–H and O–H groups in total. The normalized spacial score (nSPS) is 19.7. The van der Waals surface area contributed by atoms with Crippen LogP contribution in [0, 0.1) is 0 Å². The van der Waals surface area contributed by atoms with E-state index in [1.54, 1.807) is 6.26 Å². The Bertz CT molecular complexity index is 484. The number of fused-ring (bicyclic) bond motifs is 1. The van der Waals surface area contributed by atoms with E-state index < -0.39 is 0 Å². The van der Waals surface area contributed by atoms with Crippen LogP contribution < -0.4 is 5.32 Å². The summed E-state index contributed by atoms with van der Waals surface area (Å²) in [5, 5.41) is 3.46. The molecule has 0 radical (unpaired) electrons. The first-order chi connectivity index (χ1) is 7.88. The van der Waals surface area contributed by atoms with Crippen LogP contribution in [0.25, 0.3) is 0 Å². The summed E-state index contributed by atoms with van der Waals surface area (Å²) >= 11 is 0. The van der Waals surface area contributed by atoms with Crippen molar-refractivity contribution in [1.82, 2.24) is 5.32 Å². The van der Waals surface area contributed by atoms with Gasteiger partial charge in [0.05, 0.1) is 12.3 Å². The molecular formula is C13H15NO2. The summed E-state index contributed by atoms with van der Waals surface area (Å²) in [5.74, 6) is 3.10. The minimum atomic E-state index is 0.155. The Hall–Kier alpha value is -1.48. The van der Waals surface area contributed by atoms with E-state index in [1.165, 1.54) is 5.56 Å². The molecule has 0 fully saturated rings. The van der Waals surface area contributed by atoms with Gasteiger partial charge < -0.3 is 14.2 Å². The Labute approximate surface area is 94.4 Å². The topological polar surface area (TPSA) is 38.3 Å². The van der Waals surface area contributed by atoms with Gasteiger partial charge in [-0.1, -0.05) is 6.92 Å². The minimum absolute atomic E-state index is 0.155. The van der Waals surface area contributed by atoms with Gasteiger partial charge in [0.15, 0.2) is 0 Å². The molecule has 1 aliphatic rings. The summed E-state index contributed by atoms with van der Waals surface area (Å²) < 4.78 is 11.3. The van der Waals surface area contributed by atoms with Crippen molar-refractivity contribution in [2.75, 3.05) is 6.54 Å². The van der Waals surface area contributed by atoms with E-state index in [2.05, 4.69) is 18.3 Å². The van der Waals surface area contributed by atoms with Gasteiger partial charge in [0.25, 0.3) is 0 Å². The Morgan fingerprint density at radius 2 is 2.31 bits per heavy atom. The molecule has 3 rings (SSSR count). The van der Waals surface area contributed by atoms with Crippen LogP contribution in [0.4, 0.5) is 0 Å². The van der Waals surface area contributed by atoms with Gasteiger partial charge >= 0.3 is 0 Å². The van der Waals surface area contributed by atoms with Crippen molar-refractivity contribution < 1.29 is 8.83 Å². The molecule has 2 aromatic rings. The molecule has 1 aliphatic heterocycles. The maximum absolute atomic E-state index is 5.79. The first-order valence-corrected chi connectivity index (χ1v) is 5.76. The first-order valence-electron chi connectivity index (χ1n) is 5.76. The van der Waals surface area contributed by atoms with Crippen LogP contribution in [0.1, 0.15) is 35.8 Å². The van der Waals surface area contributed by atoms with Crippen molar-refractivity contribution in [2.45, 2.75) is 25.8 Å². The smallest absolute Gasteiger partial charge is 0.125 e. The number of aryl methyl sites for hydroxylation is 1. The Morgan fingerprint density at radius 1 is 1.38 bits per heavy atom. The Kier molecular flexibility index (Phi) is 2.33. The molecule has 16 heavy (non-hydrogen) atoms. The number of hydrogen-bond donors (Lipinski definition) is 1. The molecule has 2 aromatic heterocycles. The maximum atomic E-state index is 5.79. The zero-order chi connectivity index (χ0) is 11.0. The van der Waals surface area contributed by atoms with Crippen LogP contribution >= 0.6 is 0 Å². The van der Waals surface area contributed by atoms with E-state index in [1.807, 2.05) is 12.1 Å². The molecular weight excluding hydrogens is 202 g/mol. The lowest BCUT2D eigenvalue weighted by atomic mass is 10.00. The highest BCUT2D eigenvalue weighted by Gasteiger charge is 2.25. The van der Waals surface area contributed by atoms with Crippen molar-refractivity contribution in [2.24, 2.45) is 0 Å². The predicted octanol–water partition coefficient (Wildman–Crippen LogP) is 2.67. The highest BCUT2D eigenvalue weighted by molar-refractivity contribution is 5.31. The predicted molar refractivity (Wildman–Crippen MR) is 60.3 cm³/mol. The fourth-order valence-electron chi connectivity index (χ4n) is 2.24. The minimum Gasteiger partial charge on any atom is -0.469 e. The summed E-state index contributed by atoms with van der Waals surface area (Å²) in [7, 11) is 0. The second kappa shape index (κ2) is 3.83. The molecule has 0 saturated heterocycles. The molecule has 0 saturated carbocycles. The number of nitrogens with one attached hydrogen (secondary N) is 1. The lowest BCUT2D eigenvalue weighted by molar-refractivity contribution is 0.394. The fourth-order valence-corrected chi connectivity index (χ4v) is 2.24. The van der Waals surface area contributed by atoms with Crippen molar-refractivity contribution in [1.29, 1.82) is 0 Å². The van der Waals surface area contributed by atoms with Crippen LogP contribution in [0.3, 0.4) is 0 Å². The molecule has 1 unspecified atom stereocenters. The van der Waals surface area contributed by atoms with Crippen LogP contribution in [-0.2, 0) is 12.8 Å². The highest BCUT2D eigenvalue weighted by Crippen LogP contribution is 2.30. The van der Waals surface area contributed by atoms with Crippen molar-refractivity contribution in [3.8, 4) is 0 Å². The SMILES string of the molecule is CCc1ccc(C2NCCc3occc32)o1. The highest BCUT2D eigenvalue weighted by atomic mass is 16.3. The van der Waals surface area contributed by atoms with Crippen molar-refractivity contribution in [3.05, 3.63) is 47.3 Å². The summed E-state index contributed by atoms with van der Waals surface area (Å²) in [6, 6.07) is 6.28. The average molecular weight is 217 g/mol. The lowest BCUT2D eigenvalue weighted by Gasteiger charge is -2.21. The molecule has 84 valence electrons. The zero-order valence-corrected chi connectivity index (χ0v) is 9.32. The number of rotatable bonds is 2. The van der Waals surface area contributed by atoms with Gasteiger partial charge in [0.1, 0.15) is 17.3 Å². The molecule has 3 heterocycles. The average Bonchev–Trinajstić information content (AvgIpc) is 2.97. The van der Waals surface area contributed by atoms with Crippen molar-refractivity contribution in [3.63, 3.8) is 0 Å². The van der Waals surface area contributed by atoms with E-state index in [0.717, 1.165) is 36.7 Å². The van der Waals surface area contributed by atoms with E-state index in [0.29, 0.717) is 0 Å².